The number of alkyl halides is 3. The summed E-state index contributed by atoms with van der Waals surface area (Å²) in [6.07, 6.45) is 0. The summed E-state index contributed by atoms with van der Waals surface area (Å²) in [7, 11) is 0. The summed E-state index contributed by atoms with van der Waals surface area (Å²) in [6.45, 7) is 0. The van der Waals surface area contributed by atoms with Crippen LogP contribution in [0.25, 0.3) is 0 Å². The number of rotatable bonds is 5. The van der Waals surface area contributed by atoms with E-state index in [4.69, 9.17) is 40.5 Å². The van der Waals surface area contributed by atoms with Crippen molar-refractivity contribution < 1.29 is 9.72 Å². The van der Waals surface area contributed by atoms with E-state index in [0.29, 0.717) is 10.5 Å². The van der Waals surface area contributed by atoms with Gasteiger partial charge in [-0.25, -0.2) is 0 Å². The number of hydrogen-bond acceptors (Lipinski definition) is 4. The van der Waals surface area contributed by atoms with Crippen molar-refractivity contribution in [1.29, 1.82) is 0 Å². The predicted octanol–water partition coefficient (Wildman–Crippen LogP) is 4.90. The number of nitrogens with zero attached hydrogens (tertiary/aromatic N) is 1. The molecule has 1 unspecified atom stereocenters. The number of carbonyl (C=O) groups excluding carboxylic acids is 1. The Morgan fingerprint density at radius 2 is 1.71 bits per heavy atom. The molecule has 2 rings (SSSR count). The maximum atomic E-state index is 11.6. The minimum atomic E-state index is -1.72. The third-order valence-electron chi connectivity index (χ3n) is 3.11. The van der Waals surface area contributed by atoms with E-state index in [-0.39, 0.29) is 11.3 Å². The summed E-state index contributed by atoms with van der Waals surface area (Å²) >= 11 is 19.4. The van der Waals surface area contributed by atoms with Gasteiger partial charge in [0.2, 0.25) is 9.70 Å². The summed E-state index contributed by atoms with van der Waals surface area (Å²) < 4.78 is -1.72. The van der Waals surface area contributed by atoms with Crippen LogP contribution in [0.4, 0.5) is 5.69 Å². The van der Waals surface area contributed by atoms with E-state index in [1.807, 2.05) is 0 Å². The van der Waals surface area contributed by atoms with E-state index in [1.54, 1.807) is 36.4 Å². The molecule has 0 saturated carbocycles. The molecule has 2 aromatic rings. The Bertz CT molecular complexity index is 763. The topological polar surface area (TPSA) is 86.2 Å². The zero-order chi connectivity index (χ0) is 17.9. The molecule has 0 fully saturated rings. The van der Waals surface area contributed by atoms with Gasteiger partial charge in [0.25, 0.3) is 5.69 Å². The number of hydrogen-bond donors (Lipinski definition) is 1. The van der Waals surface area contributed by atoms with Crippen LogP contribution in [0.3, 0.4) is 0 Å². The van der Waals surface area contributed by atoms with Crippen molar-refractivity contribution in [3.05, 3.63) is 69.8 Å². The highest BCUT2D eigenvalue weighted by molar-refractivity contribution is 7.99. The van der Waals surface area contributed by atoms with Crippen molar-refractivity contribution in [3.8, 4) is 0 Å². The van der Waals surface area contributed by atoms with Crippen LogP contribution in [-0.2, 0) is 0 Å². The molecule has 0 heterocycles. The molecular formula is C15H11Cl3N2O3S. The number of nitro groups is 1. The number of halogens is 3. The number of carbonyl (C=O) groups is 1. The van der Waals surface area contributed by atoms with Crippen LogP contribution in [-0.4, -0.2) is 14.6 Å². The average molecular weight is 406 g/mol. The van der Waals surface area contributed by atoms with Gasteiger partial charge in [-0.05, 0) is 23.8 Å². The molecular weight excluding hydrogens is 395 g/mol. The first-order valence-electron chi connectivity index (χ1n) is 6.56. The third kappa shape index (κ3) is 4.54. The highest BCUT2D eigenvalue weighted by Gasteiger charge is 2.36. The quantitative estimate of drug-likeness (QED) is 0.332. The number of thioether (sulfide) groups is 1. The van der Waals surface area contributed by atoms with Crippen LogP contribution in [0.5, 0.6) is 0 Å². The first-order chi connectivity index (χ1) is 11.2. The number of amides is 1. The van der Waals surface area contributed by atoms with Crippen LogP contribution >= 0.6 is 46.6 Å². The summed E-state index contributed by atoms with van der Waals surface area (Å²) in [6, 6.07) is 12.4. The number of non-ortho nitro benzene ring substituents is 1. The molecule has 0 bridgehead atoms. The van der Waals surface area contributed by atoms with E-state index < -0.39 is 19.9 Å². The number of benzene rings is 2. The molecule has 24 heavy (non-hydrogen) atoms. The monoisotopic (exact) mass is 404 g/mol. The van der Waals surface area contributed by atoms with Gasteiger partial charge in [-0.15, -0.1) is 11.8 Å². The Labute approximate surface area is 157 Å². The molecule has 2 N–H and O–H groups in total. The van der Waals surface area contributed by atoms with Crippen molar-refractivity contribution in [2.45, 2.75) is 13.9 Å². The molecule has 5 nitrogen and oxygen atoms in total. The van der Waals surface area contributed by atoms with Gasteiger partial charge in [-0.3, -0.25) is 14.9 Å². The Morgan fingerprint density at radius 1 is 1.12 bits per heavy atom. The zero-order valence-electron chi connectivity index (χ0n) is 12.0. The van der Waals surface area contributed by atoms with Gasteiger partial charge < -0.3 is 5.73 Å². The third-order valence-corrected chi connectivity index (χ3v) is 5.54. The molecule has 0 aliphatic heterocycles. The van der Waals surface area contributed by atoms with Gasteiger partial charge >= 0.3 is 0 Å². The van der Waals surface area contributed by atoms with Crippen LogP contribution in [0.15, 0.2) is 53.4 Å². The van der Waals surface area contributed by atoms with Crippen LogP contribution in [0.1, 0.15) is 21.2 Å². The van der Waals surface area contributed by atoms with E-state index in [2.05, 4.69) is 0 Å². The highest BCUT2D eigenvalue weighted by atomic mass is 35.6. The molecule has 0 radical (unpaired) electrons. The van der Waals surface area contributed by atoms with Crippen molar-refractivity contribution in [1.82, 2.24) is 0 Å². The molecule has 0 aromatic heterocycles. The second kappa shape index (κ2) is 7.61. The Kier molecular flexibility index (Phi) is 5.98. The number of primary amides is 1. The van der Waals surface area contributed by atoms with E-state index >= 15 is 0 Å². The second-order valence-electron chi connectivity index (χ2n) is 4.74. The van der Waals surface area contributed by atoms with Crippen molar-refractivity contribution >= 4 is 58.2 Å². The molecule has 126 valence electrons. The zero-order valence-corrected chi connectivity index (χ0v) is 15.1. The standard InChI is InChI=1S/C15H11Cl3N2O3S/c16-15(17,18)13(11-3-1-2-4-12(11)14(19)21)24-10-7-5-9(6-8-10)20(22)23/h1-8,13H,(H2,19,21). The largest absolute Gasteiger partial charge is 0.366 e. The van der Waals surface area contributed by atoms with Gasteiger partial charge in [0.05, 0.1) is 10.2 Å². The van der Waals surface area contributed by atoms with E-state index in [1.165, 1.54) is 23.9 Å². The van der Waals surface area contributed by atoms with E-state index in [9.17, 15) is 14.9 Å². The Morgan fingerprint density at radius 3 is 2.21 bits per heavy atom. The normalized spacial score (nSPS) is 12.6. The minimum absolute atomic E-state index is 0.0395. The lowest BCUT2D eigenvalue weighted by molar-refractivity contribution is -0.384. The molecule has 0 saturated heterocycles. The predicted molar refractivity (Wildman–Crippen MR) is 96.9 cm³/mol. The van der Waals surface area contributed by atoms with Gasteiger partial charge in [-0.2, -0.15) is 0 Å². The molecule has 1 amide bonds. The summed E-state index contributed by atoms with van der Waals surface area (Å²) in [5, 5.41) is 9.99. The fourth-order valence-corrected chi connectivity index (χ4v) is 3.82. The van der Waals surface area contributed by atoms with Crippen molar-refractivity contribution in [3.63, 3.8) is 0 Å². The summed E-state index contributed by atoms with van der Waals surface area (Å²) in [4.78, 5) is 22.5. The van der Waals surface area contributed by atoms with E-state index in [0.717, 1.165) is 0 Å². The first-order valence-corrected chi connectivity index (χ1v) is 8.58. The lowest BCUT2D eigenvalue weighted by Gasteiger charge is -2.25. The number of nitro benzene ring substituents is 1. The molecule has 0 spiro atoms. The summed E-state index contributed by atoms with van der Waals surface area (Å²) in [5.74, 6) is -0.630. The lowest BCUT2D eigenvalue weighted by atomic mass is 10.0. The lowest BCUT2D eigenvalue weighted by Crippen LogP contribution is -2.20. The van der Waals surface area contributed by atoms with Crippen LogP contribution < -0.4 is 5.73 Å². The van der Waals surface area contributed by atoms with Crippen LogP contribution in [0.2, 0.25) is 0 Å². The smallest absolute Gasteiger partial charge is 0.269 e. The molecule has 0 aliphatic rings. The Hall–Kier alpha value is -1.47. The van der Waals surface area contributed by atoms with Gasteiger partial charge in [0.1, 0.15) is 0 Å². The Balaban J connectivity index is 2.41. The minimum Gasteiger partial charge on any atom is -0.366 e. The molecule has 2 aromatic carbocycles. The van der Waals surface area contributed by atoms with Gasteiger partial charge in [-0.1, -0.05) is 53.0 Å². The highest BCUT2D eigenvalue weighted by Crippen LogP contribution is 2.51. The SMILES string of the molecule is NC(=O)c1ccccc1C(Sc1ccc([N+](=O)[O-])cc1)C(Cl)(Cl)Cl. The molecule has 1 atom stereocenters. The maximum absolute atomic E-state index is 11.6. The average Bonchev–Trinajstić information content (AvgIpc) is 2.52. The fraction of sp³-hybridized carbons (Fsp3) is 0.133. The van der Waals surface area contributed by atoms with Crippen molar-refractivity contribution in [2.75, 3.05) is 0 Å². The maximum Gasteiger partial charge on any atom is 0.269 e. The number of nitrogens with two attached hydrogens (primary N) is 1. The van der Waals surface area contributed by atoms with Crippen LogP contribution in [0, 0.1) is 10.1 Å². The molecule has 0 aliphatic carbocycles. The second-order valence-corrected chi connectivity index (χ2v) is 8.29. The molecule has 9 heteroatoms. The van der Waals surface area contributed by atoms with Gasteiger partial charge in [0.15, 0.2) is 0 Å². The van der Waals surface area contributed by atoms with Crippen molar-refractivity contribution in [2.24, 2.45) is 5.73 Å². The first kappa shape index (κ1) is 18.9. The fourth-order valence-electron chi connectivity index (χ4n) is 2.04. The summed E-state index contributed by atoms with van der Waals surface area (Å²) in [5.41, 5.74) is 6.08. The van der Waals surface area contributed by atoms with Gasteiger partial charge in [0, 0.05) is 22.6 Å².